The van der Waals surface area contributed by atoms with Gasteiger partial charge in [0.25, 0.3) is 5.91 Å². The fourth-order valence-electron chi connectivity index (χ4n) is 8.05. The number of nitrogens with one attached hydrogen (secondary N) is 1. The molecule has 5 unspecified atom stereocenters. The van der Waals surface area contributed by atoms with E-state index in [4.69, 9.17) is 21.1 Å². The maximum Gasteiger partial charge on any atom is 0.263 e. The number of aryl methyl sites for hydroxylation is 1. The Kier molecular flexibility index (Phi) is 9.17. The highest BCUT2D eigenvalue weighted by Crippen LogP contribution is 2.49. The van der Waals surface area contributed by atoms with E-state index in [1.165, 1.54) is 11.1 Å². The van der Waals surface area contributed by atoms with Crippen LogP contribution in [0.25, 0.3) is 0 Å². The first-order valence-corrected chi connectivity index (χ1v) is 17.6. The van der Waals surface area contributed by atoms with E-state index in [-0.39, 0.29) is 29.1 Å². The van der Waals surface area contributed by atoms with Crippen molar-refractivity contribution >= 4 is 34.2 Å². The Morgan fingerprint density at radius 3 is 2.82 bits per heavy atom. The molecule has 7 nitrogen and oxygen atoms in total. The first-order chi connectivity index (χ1) is 21.2. The molecular formula is C35H45ClN2O5S. The Morgan fingerprint density at radius 1 is 1.23 bits per heavy atom. The lowest BCUT2D eigenvalue weighted by molar-refractivity contribution is -0.0622. The smallest absolute Gasteiger partial charge is 0.263 e. The summed E-state index contributed by atoms with van der Waals surface area (Å²) in [5, 5.41) is 10.1. The third kappa shape index (κ3) is 5.95. The number of aliphatic hydroxyl groups excluding tert-OH is 1. The molecule has 2 aromatic carbocycles. The first-order valence-electron chi connectivity index (χ1n) is 16.0. The second-order valence-corrected chi connectivity index (χ2v) is 15.4. The molecule has 2 aliphatic heterocycles. The Bertz CT molecular complexity index is 1450. The molecule has 6 rings (SSSR count). The van der Waals surface area contributed by atoms with Crippen molar-refractivity contribution in [1.29, 1.82) is 0 Å². The third-order valence-corrected chi connectivity index (χ3v) is 12.7. The van der Waals surface area contributed by atoms with Gasteiger partial charge in [0.15, 0.2) is 0 Å². The first kappa shape index (κ1) is 31.6. The number of hydrogen-bond donors (Lipinski definition) is 2. The predicted molar refractivity (Wildman–Crippen MR) is 176 cm³/mol. The molecule has 1 amide bonds. The summed E-state index contributed by atoms with van der Waals surface area (Å²) >= 11 is 6.43. The van der Waals surface area contributed by atoms with Gasteiger partial charge in [0.1, 0.15) is 16.7 Å². The number of benzene rings is 2. The zero-order valence-corrected chi connectivity index (χ0v) is 27.6. The van der Waals surface area contributed by atoms with E-state index < -0.39 is 16.6 Å². The van der Waals surface area contributed by atoms with Crippen molar-refractivity contribution in [3.63, 3.8) is 0 Å². The van der Waals surface area contributed by atoms with Crippen LogP contribution in [0.15, 0.2) is 48.6 Å². The van der Waals surface area contributed by atoms with Gasteiger partial charge < -0.3 is 19.5 Å². The monoisotopic (exact) mass is 640 g/mol. The van der Waals surface area contributed by atoms with Crippen molar-refractivity contribution in [3.05, 3.63) is 70.3 Å². The highest BCUT2D eigenvalue weighted by atomic mass is 35.5. The van der Waals surface area contributed by atoms with Crippen LogP contribution in [-0.4, -0.2) is 59.5 Å². The van der Waals surface area contributed by atoms with Crippen molar-refractivity contribution in [2.45, 2.75) is 75.1 Å². The highest BCUT2D eigenvalue weighted by Gasteiger charge is 2.47. The Morgan fingerprint density at radius 2 is 2.07 bits per heavy atom. The van der Waals surface area contributed by atoms with Crippen LogP contribution < -0.4 is 14.4 Å². The molecule has 7 atom stereocenters. The molecule has 2 N–H and O–H groups in total. The quantitative estimate of drug-likeness (QED) is 0.401. The van der Waals surface area contributed by atoms with Gasteiger partial charge in [-0.15, -0.1) is 0 Å². The number of ether oxygens (including phenoxy) is 2. The number of allylic oxidation sites excluding steroid dienone is 1. The molecule has 44 heavy (non-hydrogen) atoms. The maximum absolute atomic E-state index is 13.5. The van der Waals surface area contributed by atoms with Crippen LogP contribution in [0.4, 0.5) is 5.69 Å². The van der Waals surface area contributed by atoms with Gasteiger partial charge in [-0.05, 0) is 111 Å². The van der Waals surface area contributed by atoms with E-state index in [1.54, 1.807) is 13.2 Å². The standard InChI is InChI=1S/C35H45ClN2O5S/c1-23-6-4-15-34(2,42-3)28-11-8-26(28)20-38-21-35(16-5-7-24-18-27(36)10-12-29(24)35)22-43-31-13-9-25(19-30(31)38)33(40)37-44(41)32(23)14-17-39/h4,9-10,12-13,15,18-19,23,26,28,32,39H,5-8,11,14,16-17,20-22H2,1-3H3,(H,37,40)/b15-4+/t23?,26?,28?,32?,34-,35+,44?/m1/s1. The molecule has 0 saturated heterocycles. The van der Waals surface area contributed by atoms with Crippen molar-refractivity contribution in [2.24, 2.45) is 17.8 Å². The summed E-state index contributed by atoms with van der Waals surface area (Å²) < 4.78 is 29.1. The molecule has 0 radical (unpaired) electrons. The zero-order valence-electron chi connectivity index (χ0n) is 26.0. The van der Waals surface area contributed by atoms with Gasteiger partial charge in [0, 0.05) is 42.8 Å². The van der Waals surface area contributed by atoms with Crippen molar-refractivity contribution < 1.29 is 23.6 Å². The molecule has 2 bridgehead atoms. The lowest BCUT2D eigenvalue weighted by Gasteiger charge is -2.49. The SMILES string of the molecule is CO[C@]1(C)/C=C/CC(C)C(CCO)S(=O)NC(=O)c2ccc3c(c2)N(CC2CCC21)C[C@@]1(CCCc2cc(Cl)ccc21)CO3. The minimum Gasteiger partial charge on any atom is -0.490 e. The number of halogens is 1. The summed E-state index contributed by atoms with van der Waals surface area (Å²) in [6.07, 6.45) is 10.6. The fraction of sp³-hybridized carbons (Fsp3) is 0.571. The van der Waals surface area contributed by atoms with Crippen molar-refractivity contribution in [1.82, 2.24) is 4.72 Å². The molecule has 9 heteroatoms. The van der Waals surface area contributed by atoms with Gasteiger partial charge in [-0.1, -0.05) is 36.7 Å². The number of rotatable bonds is 3. The Labute approximate surface area is 268 Å². The second kappa shape index (κ2) is 12.8. The topological polar surface area (TPSA) is 88.1 Å². The van der Waals surface area contributed by atoms with Crippen LogP contribution in [0.5, 0.6) is 5.75 Å². The summed E-state index contributed by atoms with van der Waals surface area (Å²) in [6.45, 7) is 6.25. The zero-order chi connectivity index (χ0) is 31.1. The lowest BCUT2D eigenvalue weighted by atomic mass is 9.64. The lowest BCUT2D eigenvalue weighted by Crippen LogP contribution is -2.52. The van der Waals surface area contributed by atoms with Gasteiger partial charge in [0.05, 0.1) is 23.1 Å². The molecule has 1 spiro atoms. The normalized spacial score (nSPS) is 34.5. The van der Waals surface area contributed by atoms with E-state index in [0.29, 0.717) is 36.8 Å². The summed E-state index contributed by atoms with van der Waals surface area (Å²) in [6, 6.07) is 11.8. The Balaban J connectivity index is 1.43. The van der Waals surface area contributed by atoms with Crippen LogP contribution in [0.3, 0.4) is 0 Å². The molecule has 4 aliphatic rings. The number of carbonyl (C=O) groups is 1. The second-order valence-electron chi connectivity index (χ2n) is 13.5. The highest BCUT2D eigenvalue weighted by molar-refractivity contribution is 7.84. The molecule has 1 fully saturated rings. The number of carbonyl (C=O) groups excluding carboxylic acids is 1. The van der Waals surface area contributed by atoms with Gasteiger partial charge >= 0.3 is 0 Å². The number of anilines is 1. The maximum atomic E-state index is 13.5. The molecular weight excluding hydrogens is 596 g/mol. The summed E-state index contributed by atoms with van der Waals surface area (Å²) in [5.41, 5.74) is 3.30. The van der Waals surface area contributed by atoms with Gasteiger partial charge in [0.2, 0.25) is 0 Å². The third-order valence-electron chi connectivity index (χ3n) is 10.8. The van der Waals surface area contributed by atoms with Crippen molar-refractivity contribution in [3.8, 4) is 5.75 Å². The predicted octanol–water partition coefficient (Wildman–Crippen LogP) is 5.98. The van der Waals surface area contributed by atoms with Crippen LogP contribution in [0, 0.1) is 17.8 Å². The minimum absolute atomic E-state index is 0.00823. The molecule has 2 heterocycles. The number of fused-ring (bicyclic) bond motifs is 4. The molecule has 238 valence electrons. The summed E-state index contributed by atoms with van der Waals surface area (Å²) in [5.74, 6) is 1.11. The number of nitrogens with zero attached hydrogens (tertiary/aromatic N) is 1. The average molecular weight is 641 g/mol. The number of methoxy groups -OCH3 is 1. The molecule has 2 aliphatic carbocycles. The van der Waals surface area contributed by atoms with Crippen LogP contribution in [-0.2, 0) is 27.6 Å². The van der Waals surface area contributed by atoms with Gasteiger partial charge in [-0.3, -0.25) is 9.52 Å². The van der Waals surface area contributed by atoms with Crippen molar-refractivity contribution in [2.75, 3.05) is 38.3 Å². The molecule has 1 saturated carbocycles. The number of hydrogen-bond acceptors (Lipinski definition) is 6. The largest absolute Gasteiger partial charge is 0.490 e. The minimum atomic E-state index is -1.66. The van der Waals surface area contributed by atoms with Gasteiger partial charge in [-0.25, -0.2) is 4.21 Å². The van der Waals surface area contributed by atoms with E-state index in [2.05, 4.69) is 40.8 Å². The molecule has 0 aromatic heterocycles. The fourth-order valence-corrected chi connectivity index (χ4v) is 9.55. The Hall–Kier alpha value is -2.39. The van der Waals surface area contributed by atoms with Crippen LogP contribution in [0.2, 0.25) is 5.02 Å². The molecule has 2 aromatic rings. The number of aliphatic hydroxyl groups is 1. The summed E-state index contributed by atoms with van der Waals surface area (Å²) in [4.78, 5) is 16.0. The summed E-state index contributed by atoms with van der Waals surface area (Å²) in [7, 11) is 0.129. The average Bonchev–Trinajstić information content (AvgIpc) is 3.14. The van der Waals surface area contributed by atoms with Gasteiger partial charge in [-0.2, -0.15) is 0 Å². The van der Waals surface area contributed by atoms with E-state index in [9.17, 15) is 14.1 Å². The van der Waals surface area contributed by atoms with Crippen LogP contribution >= 0.6 is 11.6 Å². The van der Waals surface area contributed by atoms with E-state index in [0.717, 1.165) is 61.7 Å². The van der Waals surface area contributed by atoms with E-state index in [1.807, 2.05) is 25.1 Å². The van der Waals surface area contributed by atoms with Crippen LogP contribution in [0.1, 0.15) is 73.9 Å². The number of amides is 1. The van der Waals surface area contributed by atoms with E-state index >= 15 is 0 Å².